The Bertz CT molecular complexity index is 191. The Balaban J connectivity index is 4.14. The molecule has 0 aliphatic carbocycles. The minimum atomic E-state index is -0.449. The Labute approximate surface area is 69.2 Å². The maximum atomic E-state index is 11.0. The summed E-state index contributed by atoms with van der Waals surface area (Å²) in [4.78, 5) is 11.0. The molecule has 0 unspecified atom stereocenters. The molecule has 0 N–H and O–H groups in total. The first kappa shape index (κ1) is 10.2. The van der Waals surface area contributed by atoms with Gasteiger partial charge in [0.15, 0.2) is 0 Å². The quantitative estimate of drug-likeness (QED) is 0.555. The van der Waals surface area contributed by atoms with Crippen molar-refractivity contribution in [3.05, 3.63) is 0 Å². The number of hydrogen-bond acceptors (Lipinski definition) is 1. The molecule has 0 amide bonds. The van der Waals surface area contributed by atoms with Crippen LogP contribution in [0.3, 0.4) is 0 Å². The van der Waals surface area contributed by atoms with Gasteiger partial charge in [-0.25, -0.2) is 0 Å². The third-order valence-electron chi connectivity index (χ3n) is 1.66. The molecule has 0 bridgehead atoms. The van der Waals surface area contributed by atoms with E-state index in [9.17, 15) is 4.79 Å². The van der Waals surface area contributed by atoms with E-state index in [-0.39, 0.29) is 5.78 Å². The fourth-order valence-corrected chi connectivity index (χ4v) is 0.496. The zero-order valence-electron chi connectivity index (χ0n) is 7.82. The lowest BCUT2D eigenvalue weighted by Crippen LogP contribution is -2.18. The molecule has 0 rings (SSSR count). The van der Waals surface area contributed by atoms with E-state index in [0.717, 1.165) is 12.8 Å². The molecule has 1 heteroatoms. The van der Waals surface area contributed by atoms with Gasteiger partial charge in [-0.1, -0.05) is 12.8 Å². The van der Waals surface area contributed by atoms with Crippen LogP contribution >= 0.6 is 0 Å². The summed E-state index contributed by atoms with van der Waals surface area (Å²) in [5, 5.41) is 0. The second-order valence-corrected chi connectivity index (χ2v) is 3.23. The normalized spacial score (nSPS) is 10.2. The molecule has 0 saturated carbocycles. The minimum absolute atomic E-state index is 0.140. The van der Waals surface area contributed by atoms with Crippen LogP contribution in [0.2, 0.25) is 0 Å². The molecule has 62 valence electrons. The first-order valence-corrected chi connectivity index (χ1v) is 4.01. The van der Waals surface area contributed by atoms with Crippen LogP contribution < -0.4 is 0 Å². The Morgan fingerprint density at radius 2 is 2.00 bits per heavy atom. The lowest BCUT2D eigenvalue weighted by atomic mass is 9.90. The van der Waals surface area contributed by atoms with Crippen molar-refractivity contribution in [2.75, 3.05) is 0 Å². The van der Waals surface area contributed by atoms with Crippen LogP contribution in [0.1, 0.15) is 40.5 Å². The summed E-state index contributed by atoms with van der Waals surface area (Å²) in [6.07, 6.45) is 1.94. The summed E-state index contributed by atoms with van der Waals surface area (Å²) >= 11 is 0. The number of unbranched alkanes of at least 4 members (excludes halogenated alkanes) is 1. The van der Waals surface area contributed by atoms with Crippen LogP contribution in [0.4, 0.5) is 0 Å². The van der Waals surface area contributed by atoms with Gasteiger partial charge in [0, 0.05) is 6.42 Å². The molecule has 0 fully saturated rings. The van der Waals surface area contributed by atoms with Crippen LogP contribution in [-0.2, 0) is 4.79 Å². The highest BCUT2D eigenvalue weighted by Crippen LogP contribution is 2.13. The molecule has 0 radical (unpaired) electrons. The van der Waals surface area contributed by atoms with E-state index in [1.165, 1.54) is 0 Å². The molecule has 0 spiro atoms. The number of carbonyl (C=O) groups is 1. The first-order chi connectivity index (χ1) is 5.00. The highest BCUT2D eigenvalue weighted by atomic mass is 16.1. The van der Waals surface area contributed by atoms with Crippen molar-refractivity contribution in [3.8, 4) is 11.8 Å². The molecule has 0 aromatic heterocycles. The summed E-state index contributed by atoms with van der Waals surface area (Å²) in [5.41, 5.74) is -0.449. The Morgan fingerprint density at radius 3 is 2.36 bits per heavy atom. The highest BCUT2D eigenvalue weighted by molar-refractivity contribution is 5.84. The zero-order valence-corrected chi connectivity index (χ0v) is 7.82. The number of ketones is 1. The number of Topliss-reactive ketones (excluding diaryl/α,β-unsaturated/α-hetero) is 1. The van der Waals surface area contributed by atoms with Crippen molar-refractivity contribution in [2.45, 2.75) is 40.5 Å². The van der Waals surface area contributed by atoms with E-state index in [4.69, 9.17) is 0 Å². The predicted octanol–water partition coefficient (Wildman–Crippen LogP) is 2.41. The average Bonchev–Trinajstić information content (AvgIpc) is 1.88. The Morgan fingerprint density at radius 1 is 1.45 bits per heavy atom. The van der Waals surface area contributed by atoms with Gasteiger partial charge in [0.25, 0.3) is 0 Å². The second-order valence-electron chi connectivity index (χ2n) is 3.23. The topological polar surface area (TPSA) is 17.1 Å². The van der Waals surface area contributed by atoms with Crippen molar-refractivity contribution < 1.29 is 4.79 Å². The third kappa shape index (κ3) is 3.83. The van der Waals surface area contributed by atoms with Crippen LogP contribution in [-0.4, -0.2) is 5.78 Å². The lowest BCUT2D eigenvalue weighted by Gasteiger charge is -2.11. The van der Waals surface area contributed by atoms with Crippen LogP contribution in [0.15, 0.2) is 0 Å². The van der Waals surface area contributed by atoms with Crippen molar-refractivity contribution in [2.24, 2.45) is 5.41 Å². The van der Waals surface area contributed by atoms with Gasteiger partial charge in [-0.15, -0.1) is 5.92 Å². The van der Waals surface area contributed by atoms with E-state index < -0.39 is 5.41 Å². The van der Waals surface area contributed by atoms with Crippen LogP contribution in [0.5, 0.6) is 0 Å². The van der Waals surface area contributed by atoms with Crippen molar-refractivity contribution in [1.82, 2.24) is 0 Å². The fraction of sp³-hybridized carbons (Fsp3) is 0.700. The van der Waals surface area contributed by atoms with E-state index in [1.807, 2.05) is 13.8 Å². The number of hydrogen-bond donors (Lipinski definition) is 0. The first-order valence-electron chi connectivity index (χ1n) is 4.01. The summed E-state index contributed by atoms with van der Waals surface area (Å²) in [6.45, 7) is 7.38. The van der Waals surface area contributed by atoms with E-state index in [0.29, 0.717) is 0 Å². The molecule has 0 aliphatic heterocycles. The van der Waals surface area contributed by atoms with Gasteiger partial charge < -0.3 is 0 Å². The lowest BCUT2D eigenvalue weighted by molar-refractivity contribution is -0.122. The minimum Gasteiger partial charge on any atom is -0.298 e. The smallest absolute Gasteiger partial charge is 0.147 e. The highest BCUT2D eigenvalue weighted by Gasteiger charge is 2.19. The molecule has 0 atom stereocenters. The van der Waals surface area contributed by atoms with Crippen molar-refractivity contribution >= 4 is 5.78 Å². The van der Waals surface area contributed by atoms with E-state index >= 15 is 0 Å². The monoisotopic (exact) mass is 152 g/mol. The summed E-state index contributed by atoms with van der Waals surface area (Å²) in [7, 11) is 0. The maximum absolute atomic E-state index is 11.0. The SMILES string of the molecule is CCCC#CC(C)(C)C(C)=O. The fourth-order valence-electron chi connectivity index (χ4n) is 0.496. The van der Waals surface area contributed by atoms with Gasteiger partial charge in [-0.3, -0.25) is 4.79 Å². The zero-order chi connectivity index (χ0) is 8.91. The van der Waals surface area contributed by atoms with Gasteiger partial charge in [-0.2, -0.15) is 0 Å². The molecule has 0 aromatic carbocycles. The molecule has 0 heterocycles. The maximum Gasteiger partial charge on any atom is 0.147 e. The number of rotatable bonds is 2. The standard InChI is InChI=1S/C10H16O/c1-5-6-7-8-10(3,4)9(2)11/h5-6H2,1-4H3. The number of carbonyl (C=O) groups excluding carboxylic acids is 1. The van der Waals surface area contributed by atoms with Crippen molar-refractivity contribution in [1.29, 1.82) is 0 Å². The predicted molar refractivity (Wildman–Crippen MR) is 47.1 cm³/mol. The van der Waals surface area contributed by atoms with Gasteiger partial charge in [0.05, 0.1) is 5.41 Å². The molecular formula is C10H16O. The van der Waals surface area contributed by atoms with E-state index in [2.05, 4.69) is 18.8 Å². The molecule has 0 aliphatic rings. The second kappa shape index (κ2) is 4.18. The molecule has 1 nitrogen and oxygen atoms in total. The molecular weight excluding hydrogens is 136 g/mol. The van der Waals surface area contributed by atoms with Gasteiger partial charge in [0.2, 0.25) is 0 Å². The van der Waals surface area contributed by atoms with Crippen molar-refractivity contribution in [3.63, 3.8) is 0 Å². The Hall–Kier alpha value is -0.770. The van der Waals surface area contributed by atoms with Crippen LogP contribution in [0.25, 0.3) is 0 Å². The van der Waals surface area contributed by atoms with E-state index in [1.54, 1.807) is 6.92 Å². The summed E-state index contributed by atoms with van der Waals surface area (Å²) in [5.74, 6) is 6.09. The average molecular weight is 152 g/mol. The Kier molecular flexibility index (Phi) is 3.89. The third-order valence-corrected chi connectivity index (χ3v) is 1.66. The van der Waals surface area contributed by atoms with Gasteiger partial charge in [-0.05, 0) is 27.2 Å². The summed E-state index contributed by atoms with van der Waals surface area (Å²) < 4.78 is 0. The largest absolute Gasteiger partial charge is 0.298 e. The molecule has 11 heavy (non-hydrogen) atoms. The van der Waals surface area contributed by atoms with Gasteiger partial charge in [0.1, 0.15) is 5.78 Å². The molecule has 0 saturated heterocycles. The van der Waals surface area contributed by atoms with Crippen LogP contribution in [0, 0.1) is 17.3 Å². The molecule has 0 aromatic rings. The van der Waals surface area contributed by atoms with Gasteiger partial charge >= 0.3 is 0 Å². The summed E-state index contributed by atoms with van der Waals surface area (Å²) in [6, 6.07) is 0.